The maximum Gasteiger partial charge on any atom is 0.138 e. The summed E-state index contributed by atoms with van der Waals surface area (Å²) in [5.41, 5.74) is 8.69. The van der Waals surface area contributed by atoms with Crippen LogP contribution in [-0.4, -0.2) is 29.5 Å². The van der Waals surface area contributed by atoms with Crippen LogP contribution in [0.5, 0.6) is 0 Å². The van der Waals surface area contributed by atoms with Crippen LogP contribution >= 0.6 is 20.6 Å². The number of aromatic nitrogens is 2. The molecule has 4 aromatic rings. The second kappa shape index (κ2) is 9.12. The minimum absolute atomic E-state index is 0.226. The number of aryl methyl sites for hydroxylation is 3. The molecule has 4 heteroatoms. The smallest absolute Gasteiger partial charge is 0.138 e. The summed E-state index contributed by atoms with van der Waals surface area (Å²) in [7, 11) is 0.226. The summed E-state index contributed by atoms with van der Waals surface area (Å²) in [4.78, 5) is 9.30. The summed E-state index contributed by atoms with van der Waals surface area (Å²) in [6, 6.07) is 13.2. The molecule has 0 fully saturated rings. The number of nitrogens with zero attached hydrogens (tertiary/aromatic N) is 1. The van der Waals surface area contributed by atoms with Crippen molar-refractivity contribution >= 4 is 42.5 Å². The van der Waals surface area contributed by atoms with Gasteiger partial charge in [-0.3, -0.25) is 0 Å². The Morgan fingerprint density at radius 3 is 2.63 bits per heavy atom. The summed E-state index contributed by atoms with van der Waals surface area (Å²) in [5, 5.41) is 2.49. The van der Waals surface area contributed by atoms with Gasteiger partial charge in [-0.05, 0) is 98.6 Å². The van der Waals surface area contributed by atoms with Gasteiger partial charge in [-0.2, -0.15) is 0 Å². The quantitative estimate of drug-likeness (QED) is 0.174. The van der Waals surface area contributed by atoms with Crippen LogP contribution in [0.4, 0.5) is 0 Å². The van der Waals surface area contributed by atoms with Crippen LogP contribution in [-0.2, 0) is 6.42 Å². The van der Waals surface area contributed by atoms with Crippen molar-refractivity contribution in [3.8, 4) is 11.1 Å². The fourth-order valence-electron chi connectivity index (χ4n) is 4.33. The van der Waals surface area contributed by atoms with Gasteiger partial charge in [0.15, 0.2) is 0 Å². The van der Waals surface area contributed by atoms with Crippen molar-refractivity contribution in [2.45, 2.75) is 44.4 Å². The third kappa shape index (κ3) is 4.43. The summed E-state index contributed by atoms with van der Waals surface area (Å²) in [6.45, 7) is 9.12. The Morgan fingerprint density at radius 2 is 1.87 bits per heavy atom. The SMILES string of the molecule is Cc1cnc2[nH]c3c(C)c(CCCCCP(C)C)cc(-c4cccc(S)c4)c3c2c1. The van der Waals surface area contributed by atoms with Gasteiger partial charge in [0.05, 0.1) is 5.52 Å². The predicted octanol–water partition coefficient (Wildman–Crippen LogP) is 7.74. The van der Waals surface area contributed by atoms with Gasteiger partial charge >= 0.3 is 0 Å². The molecule has 0 saturated carbocycles. The minimum atomic E-state index is 0.226. The van der Waals surface area contributed by atoms with Crippen molar-refractivity contribution in [1.29, 1.82) is 0 Å². The number of thiol groups is 1. The highest BCUT2D eigenvalue weighted by atomic mass is 32.1. The molecule has 0 bridgehead atoms. The Morgan fingerprint density at radius 1 is 1.03 bits per heavy atom. The van der Waals surface area contributed by atoms with Gasteiger partial charge < -0.3 is 4.98 Å². The number of benzene rings is 2. The number of aromatic amines is 1. The molecular formula is C26H31N2PS. The summed E-state index contributed by atoms with van der Waals surface area (Å²) in [6.07, 6.45) is 8.37. The minimum Gasteiger partial charge on any atom is -0.339 e. The van der Waals surface area contributed by atoms with E-state index in [2.05, 4.69) is 80.1 Å². The zero-order valence-electron chi connectivity index (χ0n) is 18.4. The van der Waals surface area contributed by atoms with Gasteiger partial charge in [-0.25, -0.2) is 4.98 Å². The topological polar surface area (TPSA) is 28.7 Å². The van der Waals surface area contributed by atoms with Gasteiger partial charge in [-0.1, -0.05) is 24.6 Å². The third-order valence-corrected chi connectivity index (χ3v) is 7.43. The fraction of sp³-hybridized carbons (Fsp3) is 0.346. The molecular weight excluding hydrogens is 403 g/mol. The average Bonchev–Trinajstić information content (AvgIpc) is 3.08. The lowest BCUT2D eigenvalue weighted by atomic mass is 9.92. The maximum absolute atomic E-state index is 4.68. The number of hydrogen-bond donors (Lipinski definition) is 2. The molecule has 2 aromatic carbocycles. The lowest BCUT2D eigenvalue weighted by Crippen LogP contribution is -1.95. The van der Waals surface area contributed by atoms with Crippen molar-refractivity contribution in [1.82, 2.24) is 9.97 Å². The molecule has 4 rings (SSSR count). The molecule has 0 aliphatic heterocycles. The average molecular weight is 435 g/mol. The van der Waals surface area contributed by atoms with E-state index in [9.17, 15) is 0 Å². The van der Waals surface area contributed by atoms with Crippen LogP contribution in [0.1, 0.15) is 36.0 Å². The van der Waals surface area contributed by atoms with Crippen molar-refractivity contribution < 1.29 is 0 Å². The molecule has 156 valence electrons. The number of nitrogens with one attached hydrogen (secondary N) is 1. The molecule has 1 N–H and O–H groups in total. The second-order valence-corrected chi connectivity index (χ2v) is 11.8. The Labute approximate surface area is 186 Å². The number of rotatable bonds is 7. The van der Waals surface area contributed by atoms with E-state index in [-0.39, 0.29) is 7.92 Å². The molecule has 0 unspecified atom stereocenters. The number of fused-ring (bicyclic) bond motifs is 3. The predicted molar refractivity (Wildman–Crippen MR) is 137 cm³/mol. The van der Waals surface area contributed by atoms with E-state index in [1.165, 1.54) is 69.5 Å². The lowest BCUT2D eigenvalue weighted by Gasteiger charge is -2.13. The van der Waals surface area contributed by atoms with Gasteiger partial charge in [0.25, 0.3) is 0 Å². The highest BCUT2D eigenvalue weighted by molar-refractivity contribution is 7.80. The molecule has 0 spiro atoms. The third-order valence-electron chi connectivity index (χ3n) is 5.94. The van der Waals surface area contributed by atoms with Gasteiger partial charge in [-0.15, -0.1) is 20.6 Å². The summed E-state index contributed by atoms with van der Waals surface area (Å²) >= 11 is 4.60. The van der Waals surface area contributed by atoms with E-state index in [1.54, 1.807) is 0 Å². The summed E-state index contributed by atoms with van der Waals surface area (Å²) in [5.74, 6) is 0. The Hall–Kier alpha value is -1.83. The molecule has 0 aliphatic carbocycles. The van der Waals surface area contributed by atoms with Crippen LogP contribution in [0.25, 0.3) is 33.1 Å². The highest BCUT2D eigenvalue weighted by Crippen LogP contribution is 2.38. The van der Waals surface area contributed by atoms with Crippen LogP contribution < -0.4 is 0 Å². The largest absolute Gasteiger partial charge is 0.339 e. The second-order valence-electron chi connectivity index (χ2n) is 8.66. The Kier molecular flexibility index (Phi) is 6.51. The van der Waals surface area contributed by atoms with Crippen LogP contribution in [0.2, 0.25) is 0 Å². The van der Waals surface area contributed by atoms with Crippen LogP contribution in [0.3, 0.4) is 0 Å². The molecule has 0 aliphatic rings. The van der Waals surface area contributed by atoms with E-state index >= 15 is 0 Å². The van der Waals surface area contributed by atoms with Crippen molar-refractivity contribution in [2.24, 2.45) is 0 Å². The normalized spacial score (nSPS) is 11.8. The zero-order valence-corrected chi connectivity index (χ0v) is 20.2. The first-order chi connectivity index (χ1) is 14.4. The first-order valence-electron chi connectivity index (χ1n) is 10.8. The number of H-pyrrole nitrogens is 1. The monoisotopic (exact) mass is 434 g/mol. The van der Waals surface area contributed by atoms with Crippen molar-refractivity contribution in [2.75, 3.05) is 19.5 Å². The van der Waals surface area contributed by atoms with Gasteiger partial charge in [0.1, 0.15) is 5.65 Å². The maximum atomic E-state index is 4.68. The van der Waals surface area contributed by atoms with E-state index in [4.69, 9.17) is 0 Å². The van der Waals surface area contributed by atoms with Gasteiger partial charge in [0, 0.05) is 21.9 Å². The van der Waals surface area contributed by atoms with E-state index < -0.39 is 0 Å². The fourth-order valence-corrected chi connectivity index (χ4v) is 5.41. The van der Waals surface area contributed by atoms with E-state index in [0.29, 0.717) is 0 Å². The highest BCUT2D eigenvalue weighted by Gasteiger charge is 2.16. The molecule has 0 radical (unpaired) electrons. The number of hydrogen-bond acceptors (Lipinski definition) is 2. The molecule has 2 heterocycles. The summed E-state index contributed by atoms with van der Waals surface area (Å²) < 4.78 is 0. The lowest BCUT2D eigenvalue weighted by molar-refractivity contribution is 0.719. The molecule has 30 heavy (non-hydrogen) atoms. The molecule has 0 saturated heterocycles. The zero-order chi connectivity index (χ0) is 21.3. The van der Waals surface area contributed by atoms with Crippen molar-refractivity contribution in [3.63, 3.8) is 0 Å². The first-order valence-corrected chi connectivity index (χ1v) is 13.7. The van der Waals surface area contributed by atoms with Gasteiger partial charge in [0.2, 0.25) is 0 Å². The van der Waals surface area contributed by atoms with Crippen LogP contribution in [0.15, 0.2) is 47.5 Å². The Bertz CT molecular complexity index is 1190. The first kappa shape index (κ1) is 21.4. The molecule has 0 atom stereocenters. The molecule has 2 nitrogen and oxygen atoms in total. The van der Waals surface area contributed by atoms with Crippen LogP contribution in [0, 0.1) is 13.8 Å². The van der Waals surface area contributed by atoms with Crippen molar-refractivity contribution in [3.05, 3.63) is 59.3 Å². The standard InChI is InChI=1S/C26H31N2PS/c1-17-13-23-24-22(20-10-8-11-21(30)14-20)15-19(9-6-5-7-12-29(3)4)18(2)25(24)28-26(23)27-16-17/h8,10-11,13-16,30H,5-7,9,12H2,1-4H3,(H,27,28). The molecule has 2 aromatic heterocycles. The number of pyridine rings is 1. The van der Waals surface area contributed by atoms with E-state index in [1.807, 2.05) is 12.3 Å². The Balaban J connectivity index is 1.82. The number of unbranched alkanes of at least 4 members (excludes halogenated alkanes) is 2. The van der Waals surface area contributed by atoms with E-state index in [0.717, 1.165) is 17.0 Å². The molecule has 0 amide bonds.